The van der Waals surface area contributed by atoms with Gasteiger partial charge in [-0.05, 0) is 41.5 Å². The fourth-order valence-corrected chi connectivity index (χ4v) is 2.97. The second-order valence-corrected chi connectivity index (χ2v) is 5.67. The highest BCUT2D eigenvalue weighted by Gasteiger charge is 2.11. The molecule has 0 aliphatic heterocycles. The van der Waals surface area contributed by atoms with Crippen LogP contribution in [-0.2, 0) is 0 Å². The van der Waals surface area contributed by atoms with Gasteiger partial charge in [0.1, 0.15) is 5.58 Å². The van der Waals surface area contributed by atoms with E-state index in [4.69, 9.17) is 13.9 Å². The van der Waals surface area contributed by atoms with Crippen molar-refractivity contribution >= 4 is 11.0 Å². The van der Waals surface area contributed by atoms with Gasteiger partial charge in [0.25, 0.3) is 0 Å². The smallest absolute Gasteiger partial charge is 0.161 e. The molecule has 0 fully saturated rings. The largest absolute Gasteiger partial charge is 0.493 e. The predicted octanol–water partition coefficient (Wildman–Crippen LogP) is 5.18. The molecular weight excluding hydrogens is 314 g/mol. The number of pyridine rings is 1. The molecule has 2 aromatic heterocycles. The van der Waals surface area contributed by atoms with Crippen LogP contribution in [-0.4, -0.2) is 19.2 Å². The first-order valence-electron chi connectivity index (χ1n) is 7.94. The van der Waals surface area contributed by atoms with Crippen LogP contribution in [0.1, 0.15) is 0 Å². The van der Waals surface area contributed by atoms with Gasteiger partial charge in [0, 0.05) is 28.9 Å². The Labute approximate surface area is 145 Å². The van der Waals surface area contributed by atoms with Gasteiger partial charge in [-0.2, -0.15) is 0 Å². The van der Waals surface area contributed by atoms with Crippen LogP contribution in [0.4, 0.5) is 0 Å². The molecule has 4 nitrogen and oxygen atoms in total. The number of ether oxygens (including phenoxy) is 2. The van der Waals surface area contributed by atoms with Crippen molar-refractivity contribution in [1.29, 1.82) is 0 Å². The molecule has 0 amide bonds. The lowest BCUT2D eigenvalue weighted by molar-refractivity contribution is 0.355. The molecule has 2 aromatic carbocycles. The first kappa shape index (κ1) is 15.3. The maximum atomic E-state index is 5.78. The SMILES string of the molecule is COc1ccc(-c2ccc3c(-c4cccnc4)coc3c2)cc1OC. The number of methoxy groups -OCH3 is 2. The molecule has 4 heteroatoms. The summed E-state index contributed by atoms with van der Waals surface area (Å²) in [6, 6.07) is 16.0. The van der Waals surface area contributed by atoms with Crippen LogP contribution in [0.5, 0.6) is 11.5 Å². The van der Waals surface area contributed by atoms with Crippen LogP contribution in [0.3, 0.4) is 0 Å². The van der Waals surface area contributed by atoms with Crippen LogP contribution in [0.25, 0.3) is 33.2 Å². The third-order valence-corrected chi connectivity index (χ3v) is 4.26. The number of aromatic nitrogens is 1. The van der Waals surface area contributed by atoms with Gasteiger partial charge in [-0.15, -0.1) is 0 Å². The zero-order valence-corrected chi connectivity index (χ0v) is 14.0. The van der Waals surface area contributed by atoms with Crippen molar-refractivity contribution in [2.24, 2.45) is 0 Å². The Morgan fingerprint density at radius 3 is 2.40 bits per heavy atom. The van der Waals surface area contributed by atoms with Crippen molar-refractivity contribution in [1.82, 2.24) is 4.98 Å². The molecule has 0 saturated heterocycles. The molecule has 0 N–H and O–H groups in total. The van der Waals surface area contributed by atoms with Crippen molar-refractivity contribution in [3.05, 3.63) is 67.2 Å². The highest BCUT2D eigenvalue weighted by Crippen LogP contribution is 2.36. The monoisotopic (exact) mass is 331 g/mol. The number of fused-ring (bicyclic) bond motifs is 1. The quantitative estimate of drug-likeness (QED) is 0.517. The second kappa shape index (κ2) is 6.32. The molecule has 0 saturated carbocycles. The summed E-state index contributed by atoms with van der Waals surface area (Å²) < 4.78 is 16.5. The summed E-state index contributed by atoms with van der Waals surface area (Å²) in [6.45, 7) is 0. The molecular formula is C21H17NO3. The first-order valence-corrected chi connectivity index (χ1v) is 7.94. The molecule has 0 spiro atoms. The highest BCUT2D eigenvalue weighted by molar-refractivity contribution is 5.95. The number of hydrogen-bond donors (Lipinski definition) is 0. The molecule has 0 aliphatic carbocycles. The average Bonchev–Trinajstić information content (AvgIpc) is 3.11. The lowest BCUT2D eigenvalue weighted by Gasteiger charge is -2.09. The molecule has 124 valence electrons. The molecule has 2 heterocycles. The number of rotatable bonds is 4. The lowest BCUT2D eigenvalue weighted by atomic mass is 10.0. The van der Waals surface area contributed by atoms with Crippen molar-refractivity contribution in [3.8, 4) is 33.8 Å². The Hall–Kier alpha value is -3.27. The summed E-state index contributed by atoms with van der Waals surface area (Å²) in [6.07, 6.45) is 5.38. The van der Waals surface area contributed by atoms with Gasteiger partial charge >= 0.3 is 0 Å². The topological polar surface area (TPSA) is 44.5 Å². The predicted molar refractivity (Wildman–Crippen MR) is 98.0 cm³/mol. The van der Waals surface area contributed by atoms with E-state index < -0.39 is 0 Å². The standard InChI is InChI=1S/C21H17NO3/c1-23-19-8-6-15(11-21(19)24-2)14-5-7-17-18(13-25-20(17)10-14)16-4-3-9-22-12-16/h3-13H,1-2H3. The van der Waals surface area contributed by atoms with E-state index in [9.17, 15) is 0 Å². The summed E-state index contributed by atoms with van der Waals surface area (Å²) in [5, 5.41) is 1.07. The van der Waals surface area contributed by atoms with Crippen LogP contribution in [0.15, 0.2) is 71.6 Å². The van der Waals surface area contributed by atoms with E-state index in [0.29, 0.717) is 11.5 Å². The zero-order valence-electron chi connectivity index (χ0n) is 14.0. The Morgan fingerprint density at radius 2 is 1.64 bits per heavy atom. The summed E-state index contributed by atoms with van der Waals surface area (Å²) in [4.78, 5) is 4.18. The number of hydrogen-bond acceptors (Lipinski definition) is 4. The van der Waals surface area contributed by atoms with Crippen LogP contribution < -0.4 is 9.47 Å². The molecule has 0 unspecified atom stereocenters. The van der Waals surface area contributed by atoms with Crippen molar-refractivity contribution in [2.45, 2.75) is 0 Å². The van der Waals surface area contributed by atoms with E-state index in [-0.39, 0.29) is 0 Å². The van der Waals surface area contributed by atoms with Crippen LogP contribution in [0.2, 0.25) is 0 Å². The molecule has 0 radical (unpaired) electrons. The Kier molecular flexibility index (Phi) is 3.86. The van der Waals surface area contributed by atoms with Gasteiger partial charge in [0.15, 0.2) is 11.5 Å². The third kappa shape index (κ3) is 2.72. The van der Waals surface area contributed by atoms with Crippen LogP contribution in [0, 0.1) is 0 Å². The van der Waals surface area contributed by atoms with Gasteiger partial charge < -0.3 is 13.9 Å². The molecule has 0 atom stereocenters. The lowest BCUT2D eigenvalue weighted by Crippen LogP contribution is -1.90. The van der Waals surface area contributed by atoms with E-state index in [1.807, 2.05) is 42.6 Å². The van der Waals surface area contributed by atoms with Crippen molar-refractivity contribution in [2.75, 3.05) is 14.2 Å². The highest BCUT2D eigenvalue weighted by atomic mass is 16.5. The summed E-state index contributed by atoms with van der Waals surface area (Å²) in [5.41, 5.74) is 5.02. The minimum Gasteiger partial charge on any atom is -0.493 e. The van der Waals surface area contributed by atoms with E-state index >= 15 is 0 Å². The number of benzene rings is 2. The van der Waals surface area contributed by atoms with Gasteiger partial charge in [0.05, 0.1) is 20.5 Å². The third-order valence-electron chi connectivity index (χ3n) is 4.26. The molecule has 0 bridgehead atoms. The first-order chi connectivity index (χ1) is 12.3. The summed E-state index contributed by atoms with van der Waals surface area (Å²) >= 11 is 0. The van der Waals surface area contributed by atoms with Gasteiger partial charge in [-0.25, -0.2) is 0 Å². The molecule has 25 heavy (non-hydrogen) atoms. The fraction of sp³-hybridized carbons (Fsp3) is 0.0952. The van der Waals surface area contributed by atoms with E-state index in [1.54, 1.807) is 26.7 Å². The molecule has 4 aromatic rings. The van der Waals surface area contributed by atoms with E-state index in [1.165, 1.54) is 0 Å². The maximum Gasteiger partial charge on any atom is 0.161 e. The van der Waals surface area contributed by atoms with Gasteiger partial charge in [0.2, 0.25) is 0 Å². The minimum atomic E-state index is 0.704. The summed E-state index contributed by atoms with van der Waals surface area (Å²) in [7, 11) is 3.27. The number of furan rings is 1. The van der Waals surface area contributed by atoms with Crippen LogP contribution >= 0.6 is 0 Å². The van der Waals surface area contributed by atoms with Gasteiger partial charge in [-0.1, -0.05) is 18.2 Å². The van der Waals surface area contributed by atoms with Crippen molar-refractivity contribution in [3.63, 3.8) is 0 Å². The normalized spacial score (nSPS) is 10.8. The maximum absolute atomic E-state index is 5.78. The van der Waals surface area contributed by atoms with E-state index in [0.717, 1.165) is 33.2 Å². The van der Waals surface area contributed by atoms with Crippen molar-refractivity contribution < 1.29 is 13.9 Å². The summed E-state index contributed by atoms with van der Waals surface area (Å²) in [5.74, 6) is 1.42. The van der Waals surface area contributed by atoms with E-state index in [2.05, 4.69) is 17.1 Å². The fourth-order valence-electron chi connectivity index (χ4n) is 2.97. The molecule has 0 aliphatic rings. The number of nitrogens with zero attached hydrogens (tertiary/aromatic N) is 1. The molecule has 4 rings (SSSR count). The average molecular weight is 331 g/mol. The Morgan fingerprint density at radius 1 is 0.840 bits per heavy atom. The Bertz CT molecular complexity index is 1020. The second-order valence-electron chi connectivity index (χ2n) is 5.67. The minimum absolute atomic E-state index is 0.704. The zero-order chi connectivity index (χ0) is 17.2. The van der Waals surface area contributed by atoms with Gasteiger partial charge in [-0.3, -0.25) is 4.98 Å². The Balaban J connectivity index is 1.78.